The number of fused-ring (bicyclic) bond motifs is 3. The van der Waals surface area contributed by atoms with Crippen LogP contribution in [0.4, 0.5) is 0 Å². The number of rotatable bonds is 2. The molecule has 2 aliphatic rings. The van der Waals surface area contributed by atoms with Crippen LogP contribution >= 0.6 is 0 Å². The fourth-order valence-corrected chi connectivity index (χ4v) is 3.92. The third-order valence-corrected chi connectivity index (χ3v) is 4.85. The Hall–Kier alpha value is -1.39. The summed E-state index contributed by atoms with van der Waals surface area (Å²) in [5.41, 5.74) is 3.42. The van der Waals surface area contributed by atoms with Crippen LogP contribution in [0.5, 0.6) is 0 Å². The first-order valence-corrected chi connectivity index (χ1v) is 7.57. The van der Waals surface area contributed by atoms with Gasteiger partial charge in [-0.15, -0.1) is 0 Å². The van der Waals surface area contributed by atoms with Crippen LogP contribution in [0.25, 0.3) is 5.65 Å². The summed E-state index contributed by atoms with van der Waals surface area (Å²) >= 11 is 0. The third kappa shape index (κ3) is 2.03. The smallest absolute Gasteiger partial charge is 0.137 e. The maximum Gasteiger partial charge on any atom is 0.137 e. The molecule has 0 amide bonds. The molecule has 2 aliphatic heterocycles. The van der Waals surface area contributed by atoms with Crippen LogP contribution in [0.3, 0.4) is 0 Å². The molecule has 2 unspecified atom stereocenters. The number of hydrogen-bond acceptors (Lipinski definition) is 3. The Morgan fingerprint density at radius 1 is 1.20 bits per heavy atom. The number of aliphatic hydroxyl groups is 1. The Balaban J connectivity index is 1.58. The Labute approximate surface area is 119 Å². The fourth-order valence-electron chi connectivity index (χ4n) is 3.92. The highest BCUT2D eigenvalue weighted by molar-refractivity contribution is 5.41. The zero-order valence-electron chi connectivity index (χ0n) is 11.9. The summed E-state index contributed by atoms with van der Waals surface area (Å²) < 4.78 is 2.12. The Kier molecular flexibility index (Phi) is 2.82. The highest BCUT2D eigenvalue weighted by Gasteiger charge is 2.40. The normalized spacial score (nSPS) is 30.2. The van der Waals surface area contributed by atoms with Crippen molar-refractivity contribution < 1.29 is 5.11 Å². The van der Waals surface area contributed by atoms with Crippen LogP contribution in [0.15, 0.2) is 24.5 Å². The van der Waals surface area contributed by atoms with Crippen molar-refractivity contribution in [2.45, 2.75) is 57.3 Å². The number of piperidine rings is 1. The second kappa shape index (κ2) is 4.57. The molecule has 20 heavy (non-hydrogen) atoms. The van der Waals surface area contributed by atoms with Gasteiger partial charge in [-0.3, -0.25) is 4.90 Å². The monoisotopic (exact) mass is 271 g/mol. The van der Waals surface area contributed by atoms with Gasteiger partial charge in [-0.2, -0.15) is 0 Å². The van der Waals surface area contributed by atoms with Crippen LogP contribution in [0.2, 0.25) is 0 Å². The zero-order chi connectivity index (χ0) is 13.7. The maximum atomic E-state index is 9.87. The summed E-state index contributed by atoms with van der Waals surface area (Å²) in [5.74, 6) is 0. The lowest BCUT2D eigenvalue weighted by molar-refractivity contribution is 0.0304. The van der Waals surface area contributed by atoms with E-state index in [1.807, 2.05) is 0 Å². The highest BCUT2D eigenvalue weighted by atomic mass is 16.3. The molecular weight excluding hydrogens is 250 g/mol. The van der Waals surface area contributed by atoms with Crippen LogP contribution in [-0.4, -0.2) is 37.6 Å². The van der Waals surface area contributed by atoms with Crippen molar-refractivity contribution in [2.24, 2.45) is 0 Å². The fraction of sp³-hybridized carbons (Fsp3) is 0.562. The molecule has 2 aromatic heterocycles. The third-order valence-electron chi connectivity index (χ3n) is 4.85. The summed E-state index contributed by atoms with van der Waals surface area (Å²) in [6.07, 6.45) is 8.51. The average Bonchev–Trinajstić information content (AvgIpc) is 2.89. The minimum atomic E-state index is -0.0903. The molecule has 1 N–H and O–H groups in total. The highest BCUT2D eigenvalue weighted by Crippen LogP contribution is 2.36. The quantitative estimate of drug-likeness (QED) is 0.909. The second-order valence-corrected chi connectivity index (χ2v) is 6.39. The largest absolute Gasteiger partial charge is 0.393 e. The summed E-state index contributed by atoms with van der Waals surface area (Å²) in [4.78, 5) is 7.28. The predicted molar refractivity (Wildman–Crippen MR) is 77.5 cm³/mol. The van der Waals surface area contributed by atoms with Crippen LogP contribution in [0.1, 0.15) is 36.9 Å². The van der Waals surface area contributed by atoms with Gasteiger partial charge in [0.1, 0.15) is 5.65 Å². The minimum Gasteiger partial charge on any atom is -0.393 e. The number of aryl methyl sites for hydroxylation is 1. The second-order valence-electron chi connectivity index (χ2n) is 6.39. The van der Waals surface area contributed by atoms with Gasteiger partial charge in [-0.1, -0.05) is 6.07 Å². The van der Waals surface area contributed by atoms with Crippen LogP contribution in [0, 0.1) is 6.92 Å². The number of hydrogen-bond donors (Lipinski definition) is 1. The molecule has 4 nitrogen and oxygen atoms in total. The van der Waals surface area contributed by atoms with Crippen LogP contribution < -0.4 is 0 Å². The van der Waals surface area contributed by atoms with E-state index >= 15 is 0 Å². The molecule has 2 aromatic rings. The van der Waals surface area contributed by atoms with E-state index in [4.69, 9.17) is 4.98 Å². The molecule has 2 bridgehead atoms. The first-order chi connectivity index (χ1) is 9.69. The van der Waals surface area contributed by atoms with Gasteiger partial charge in [0.2, 0.25) is 0 Å². The molecular formula is C16H21N3O. The van der Waals surface area contributed by atoms with E-state index in [1.165, 1.54) is 18.4 Å². The van der Waals surface area contributed by atoms with Crippen molar-refractivity contribution in [3.63, 3.8) is 0 Å². The number of aromatic nitrogens is 2. The van der Waals surface area contributed by atoms with E-state index in [0.717, 1.165) is 30.7 Å². The van der Waals surface area contributed by atoms with Crippen molar-refractivity contribution in [1.82, 2.24) is 14.3 Å². The standard InChI is InChI=1S/C16H21N3O/c1-11-2-5-16-17-12(9-18(16)8-11)10-19-13-3-4-14(19)7-15(20)6-13/h2,5,8-9,13-15,20H,3-4,6-7,10H2,1H3. The van der Waals surface area contributed by atoms with Crippen LogP contribution in [-0.2, 0) is 6.54 Å². The molecule has 2 fully saturated rings. The Bertz CT molecular complexity index is 622. The summed E-state index contributed by atoms with van der Waals surface area (Å²) in [5, 5.41) is 9.87. The molecule has 0 radical (unpaired) electrons. The predicted octanol–water partition coefficient (Wildman–Crippen LogP) is 2.13. The minimum absolute atomic E-state index is 0.0903. The first-order valence-electron chi connectivity index (χ1n) is 7.57. The van der Waals surface area contributed by atoms with E-state index in [2.05, 4.69) is 40.8 Å². The van der Waals surface area contributed by atoms with E-state index in [-0.39, 0.29) is 6.10 Å². The molecule has 4 rings (SSSR count). The number of imidazole rings is 1. The molecule has 2 atom stereocenters. The van der Waals surface area contributed by atoms with Crippen molar-refractivity contribution >= 4 is 5.65 Å². The topological polar surface area (TPSA) is 40.8 Å². The lowest BCUT2D eigenvalue weighted by atomic mass is 10.00. The van der Waals surface area contributed by atoms with Gasteiger partial charge in [-0.05, 0) is 44.2 Å². The van der Waals surface area contributed by atoms with E-state index in [0.29, 0.717) is 12.1 Å². The average molecular weight is 271 g/mol. The van der Waals surface area contributed by atoms with Gasteiger partial charge in [0.25, 0.3) is 0 Å². The zero-order valence-corrected chi connectivity index (χ0v) is 11.9. The molecule has 2 saturated heterocycles. The lowest BCUT2D eigenvalue weighted by Crippen LogP contribution is -2.44. The number of aliphatic hydroxyl groups excluding tert-OH is 1. The van der Waals surface area contributed by atoms with Gasteiger partial charge >= 0.3 is 0 Å². The molecule has 0 saturated carbocycles. The van der Waals surface area contributed by atoms with Gasteiger partial charge < -0.3 is 9.51 Å². The molecule has 0 aliphatic carbocycles. The number of pyridine rings is 1. The van der Waals surface area contributed by atoms with Gasteiger partial charge in [0.15, 0.2) is 0 Å². The summed E-state index contributed by atoms with van der Waals surface area (Å²) in [6, 6.07) is 5.28. The molecule has 4 heteroatoms. The van der Waals surface area contributed by atoms with E-state index < -0.39 is 0 Å². The van der Waals surface area contributed by atoms with E-state index in [9.17, 15) is 5.11 Å². The maximum absolute atomic E-state index is 9.87. The van der Waals surface area contributed by atoms with Gasteiger partial charge in [-0.25, -0.2) is 4.98 Å². The summed E-state index contributed by atoms with van der Waals surface area (Å²) in [6.45, 7) is 3.02. The van der Waals surface area contributed by atoms with Crippen molar-refractivity contribution in [3.05, 3.63) is 35.8 Å². The molecule has 0 aromatic carbocycles. The Morgan fingerprint density at radius 3 is 2.70 bits per heavy atom. The lowest BCUT2D eigenvalue weighted by Gasteiger charge is -2.36. The van der Waals surface area contributed by atoms with Gasteiger partial charge in [0, 0.05) is 31.0 Å². The number of nitrogens with zero attached hydrogens (tertiary/aromatic N) is 3. The Morgan fingerprint density at radius 2 is 1.95 bits per heavy atom. The molecule has 106 valence electrons. The van der Waals surface area contributed by atoms with Crippen molar-refractivity contribution in [2.75, 3.05) is 0 Å². The van der Waals surface area contributed by atoms with E-state index in [1.54, 1.807) is 0 Å². The summed E-state index contributed by atoms with van der Waals surface area (Å²) in [7, 11) is 0. The van der Waals surface area contributed by atoms with Gasteiger partial charge in [0.05, 0.1) is 11.8 Å². The van der Waals surface area contributed by atoms with Crippen molar-refractivity contribution in [1.29, 1.82) is 0 Å². The molecule has 0 spiro atoms. The SMILES string of the molecule is Cc1ccc2nc(CN3C4CCC3CC(O)C4)cn2c1. The van der Waals surface area contributed by atoms with Crippen molar-refractivity contribution in [3.8, 4) is 0 Å². The first kappa shape index (κ1) is 12.4. The molecule has 4 heterocycles.